The normalized spacial score (nSPS) is 21.2. The lowest BCUT2D eigenvalue weighted by atomic mass is 9.89. The van der Waals surface area contributed by atoms with Crippen LogP contribution in [0.15, 0.2) is 52.9 Å². The topological polar surface area (TPSA) is 83.3 Å². The van der Waals surface area contributed by atoms with Gasteiger partial charge in [0.05, 0.1) is 5.56 Å². The molecule has 1 saturated carbocycles. The van der Waals surface area contributed by atoms with E-state index in [2.05, 4.69) is 25.7 Å². The highest BCUT2D eigenvalue weighted by molar-refractivity contribution is 6.04. The van der Waals surface area contributed by atoms with E-state index < -0.39 is 5.82 Å². The summed E-state index contributed by atoms with van der Waals surface area (Å²) in [5.41, 5.74) is 1.06. The zero-order valence-corrected chi connectivity index (χ0v) is 19.2. The number of halogens is 1. The van der Waals surface area contributed by atoms with Gasteiger partial charge in [-0.2, -0.15) is 0 Å². The number of anilines is 2. The summed E-state index contributed by atoms with van der Waals surface area (Å²) in [7, 11) is 0. The SMILES string of the molecule is O=C(Nc1ccc(-c2nnc(NC3CCC(N4CCCCC4)CC3)o2)c(F)c1)c1ccccc1. The van der Waals surface area contributed by atoms with Crippen LogP contribution in [0.1, 0.15) is 55.3 Å². The van der Waals surface area contributed by atoms with E-state index in [1.54, 1.807) is 30.3 Å². The minimum absolute atomic E-state index is 0.114. The lowest BCUT2D eigenvalue weighted by Gasteiger charge is -2.38. The zero-order chi connectivity index (χ0) is 23.3. The van der Waals surface area contributed by atoms with E-state index in [1.165, 1.54) is 57.3 Å². The van der Waals surface area contributed by atoms with Crippen LogP contribution in [-0.4, -0.2) is 46.2 Å². The van der Waals surface area contributed by atoms with Crippen LogP contribution in [0.2, 0.25) is 0 Å². The molecule has 0 atom stereocenters. The molecule has 2 aliphatic rings. The fourth-order valence-electron chi connectivity index (χ4n) is 4.99. The lowest BCUT2D eigenvalue weighted by Crippen LogP contribution is -2.43. The fourth-order valence-corrected chi connectivity index (χ4v) is 4.99. The Balaban J connectivity index is 1.17. The number of piperidine rings is 1. The molecule has 1 aliphatic carbocycles. The predicted octanol–water partition coefficient (Wildman–Crippen LogP) is 5.34. The van der Waals surface area contributed by atoms with Crippen LogP contribution in [0.25, 0.3) is 11.5 Å². The first kappa shape index (κ1) is 22.5. The van der Waals surface area contributed by atoms with Gasteiger partial charge >= 0.3 is 6.01 Å². The molecule has 34 heavy (non-hydrogen) atoms. The lowest BCUT2D eigenvalue weighted by molar-refractivity contribution is 0.102. The Hall–Kier alpha value is -3.26. The molecule has 1 saturated heterocycles. The van der Waals surface area contributed by atoms with Crippen molar-refractivity contribution in [1.82, 2.24) is 15.1 Å². The predicted molar refractivity (Wildman–Crippen MR) is 129 cm³/mol. The molecule has 1 aromatic heterocycles. The van der Waals surface area contributed by atoms with Gasteiger partial charge < -0.3 is 20.0 Å². The molecule has 0 bridgehead atoms. The molecule has 0 unspecified atom stereocenters. The zero-order valence-electron chi connectivity index (χ0n) is 19.2. The molecule has 2 heterocycles. The van der Waals surface area contributed by atoms with Crippen molar-refractivity contribution >= 4 is 17.6 Å². The van der Waals surface area contributed by atoms with E-state index in [0.717, 1.165) is 12.8 Å². The van der Waals surface area contributed by atoms with Crippen LogP contribution in [0.3, 0.4) is 0 Å². The number of hydrogen-bond donors (Lipinski definition) is 2. The molecule has 7 nitrogen and oxygen atoms in total. The van der Waals surface area contributed by atoms with Crippen molar-refractivity contribution in [3.63, 3.8) is 0 Å². The standard InChI is InChI=1S/C26H30FN5O2/c27-23-17-20(28-24(33)18-7-3-1-4-8-18)11-14-22(23)25-30-31-26(34-25)29-19-9-12-21(13-10-19)32-15-5-2-6-16-32/h1,3-4,7-8,11,14,17,19,21H,2,5-6,9-10,12-13,15-16H2,(H,28,33)(H,29,31). The number of carbonyl (C=O) groups is 1. The third-order valence-corrected chi connectivity index (χ3v) is 6.85. The average molecular weight is 464 g/mol. The van der Waals surface area contributed by atoms with Gasteiger partial charge in [-0.25, -0.2) is 4.39 Å². The maximum atomic E-state index is 14.8. The van der Waals surface area contributed by atoms with Gasteiger partial charge in [0, 0.05) is 23.3 Å². The molecule has 1 amide bonds. The number of nitrogens with one attached hydrogen (secondary N) is 2. The smallest absolute Gasteiger partial charge is 0.315 e. The second-order valence-electron chi connectivity index (χ2n) is 9.17. The van der Waals surface area contributed by atoms with Gasteiger partial charge in [-0.3, -0.25) is 4.79 Å². The molecule has 178 valence electrons. The van der Waals surface area contributed by atoms with Gasteiger partial charge in [0.15, 0.2) is 0 Å². The Morgan fingerprint density at radius 1 is 0.971 bits per heavy atom. The Labute approximate surface area is 198 Å². The van der Waals surface area contributed by atoms with E-state index in [0.29, 0.717) is 23.3 Å². The molecule has 5 rings (SSSR count). The van der Waals surface area contributed by atoms with Gasteiger partial charge in [0.25, 0.3) is 11.8 Å². The minimum Gasteiger partial charge on any atom is -0.403 e. The quantitative estimate of drug-likeness (QED) is 0.514. The van der Waals surface area contributed by atoms with Crippen molar-refractivity contribution in [3.8, 4) is 11.5 Å². The van der Waals surface area contributed by atoms with Crippen LogP contribution in [-0.2, 0) is 0 Å². The number of hydrogen-bond acceptors (Lipinski definition) is 6. The van der Waals surface area contributed by atoms with Gasteiger partial charge in [-0.1, -0.05) is 29.7 Å². The van der Waals surface area contributed by atoms with E-state index in [9.17, 15) is 9.18 Å². The summed E-state index contributed by atoms with van der Waals surface area (Å²) in [5.74, 6) is -0.724. The molecule has 2 aromatic carbocycles. The molecule has 2 fully saturated rings. The maximum absolute atomic E-state index is 14.8. The minimum atomic E-state index is -0.539. The van der Waals surface area contributed by atoms with Gasteiger partial charge in [-0.15, -0.1) is 5.10 Å². The van der Waals surface area contributed by atoms with Crippen LogP contribution in [0, 0.1) is 5.82 Å². The molecule has 2 N–H and O–H groups in total. The Morgan fingerprint density at radius 2 is 1.74 bits per heavy atom. The summed E-state index contributed by atoms with van der Waals surface area (Å²) in [4.78, 5) is 14.9. The van der Waals surface area contributed by atoms with Gasteiger partial charge in [-0.05, 0) is 81.9 Å². The maximum Gasteiger partial charge on any atom is 0.315 e. The first-order valence-corrected chi connectivity index (χ1v) is 12.2. The third-order valence-electron chi connectivity index (χ3n) is 6.85. The number of benzene rings is 2. The van der Waals surface area contributed by atoms with E-state index in [1.807, 2.05) is 6.07 Å². The van der Waals surface area contributed by atoms with E-state index in [4.69, 9.17) is 4.42 Å². The number of aromatic nitrogens is 2. The van der Waals surface area contributed by atoms with Crippen LogP contribution < -0.4 is 10.6 Å². The van der Waals surface area contributed by atoms with Crippen LogP contribution in [0.4, 0.5) is 16.1 Å². The van der Waals surface area contributed by atoms with Crippen molar-refractivity contribution in [2.24, 2.45) is 0 Å². The first-order valence-electron chi connectivity index (χ1n) is 12.2. The summed E-state index contributed by atoms with van der Waals surface area (Å²) in [6.45, 7) is 2.46. The first-order chi connectivity index (χ1) is 16.7. The average Bonchev–Trinajstić information content (AvgIpc) is 3.33. The van der Waals surface area contributed by atoms with Gasteiger partial charge in [0.2, 0.25) is 0 Å². The van der Waals surface area contributed by atoms with Crippen molar-refractivity contribution in [2.75, 3.05) is 23.7 Å². The highest BCUT2D eigenvalue weighted by atomic mass is 19.1. The summed E-state index contributed by atoms with van der Waals surface area (Å²) in [6, 6.07) is 14.5. The van der Waals surface area contributed by atoms with E-state index in [-0.39, 0.29) is 23.4 Å². The van der Waals surface area contributed by atoms with Crippen molar-refractivity contribution in [1.29, 1.82) is 0 Å². The van der Waals surface area contributed by atoms with Crippen LogP contribution >= 0.6 is 0 Å². The molecule has 0 radical (unpaired) electrons. The number of amides is 1. The highest BCUT2D eigenvalue weighted by Crippen LogP contribution is 2.29. The molecule has 1 aliphatic heterocycles. The molecule has 0 spiro atoms. The number of nitrogens with zero attached hydrogens (tertiary/aromatic N) is 3. The summed E-state index contributed by atoms with van der Waals surface area (Å²) >= 11 is 0. The van der Waals surface area contributed by atoms with Gasteiger partial charge in [0.1, 0.15) is 5.82 Å². The fraction of sp³-hybridized carbons (Fsp3) is 0.423. The summed E-state index contributed by atoms with van der Waals surface area (Å²) in [6.07, 6.45) is 8.46. The van der Waals surface area contributed by atoms with Crippen molar-refractivity contribution in [2.45, 2.75) is 57.0 Å². The monoisotopic (exact) mass is 463 g/mol. The molecule has 8 heteroatoms. The summed E-state index contributed by atoms with van der Waals surface area (Å²) < 4.78 is 20.5. The second-order valence-corrected chi connectivity index (χ2v) is 9.17. The molecular formula is C26H30FN5O2. The third kappa shape index (κ3) is 5.28. The van der Waals surface area contributed by atoms with Crippen molar-refractivity contribution in [3.05, 3.63) is 59.9 Å². The molecular weight excluding hydrogens is 433 g/mol. The molecule has 3 aromatic rings. The largest absolute Gasteiger partial charge is 0.403 e. The van der Waals surface area contributed by atoms with Crippen molar-refractivity contribution < 1.29 is 13.6 Å². The second kappa shape index (κ2) is 10.3. The Bertz CT molecular complexity index is 1110. The number of rotatable bonds is 6. The summed E-state index contributed by atoms with van der Waals surface area (Å²) in [5, 5.41) is 14.1. The Kier molecular flexibility index (Phi) is 6.85. The Morgan fingerprint density at radius 3 is 2.47 bits per heavy atom. The number of likely N-dealkylation sites (tertiary alicyclic amines) is 1. The number of carbonyl (C=O) groups excluding carboxylic acids is 1. The van der Waals surface area contributed by atoms with E-state index >= 15 is 0 Å². The highest BCUT2D eigenvalue weighted by Gasteiger charge is 2.27. The van der Waals surface area contributed by atoms with Crippen LogP contribution in [0.5, 0.6) is 0 Å².